The average molecular weight is 320 g/mol. The fourth-order valence-electron chi connectivity index (χ4n) is 2.09. The second-order valence-electron chi connectivity index (χ2n) is 5.98. The normalized spacial score (nSPS) is 10.6. The van der Waals surface area contributed by atoms with Crippen molar-refractivity contribution in [1.82, 2.24) is 0 Å². The molecule has 0 fully saturated rings. The molecule has 1 aromatic carbocycles. The van der Waals surface area contributed by atoms with Crippen LogP contribution in [0.25, 0.3) is 0 Å². The van der Waals surface area contributed by atoms with Gasteiger partial charge in [-0.2, -0.15) is 0 Å². The molecule has 1 rings (SSSR count). The number of carbonyl (C=O) groups excluding carboxylic acids is 2. The summed E-state index contributed by atoms with van der Waals surface area (Å²) in [5.41, 5.74) is 1.19. The van der Waals surface area contributed by atoms with Crippen LogP contribution in [-0.4, -0.2) is 18.5 Å². The Balaban J connectivity index is 2.22. The largest absolute Gasteiger partial charge is 0.466 e. The van der Waals surface area contributed by atoms with Gasteiger partial charge in [-0.25, -0.2) is 0 Å². The molecule has 0 aliphatic rings. The van der Waals surface area contributed by atoms with Crippen molar-refractivity contribution in [3.8, 4) is 5.75 Å². The third kappa shape index (κ3) is 8.38. The van der Waals surface area contributed by atoms with E-state index in [1.165, 1.54) is 5.56 Å². The molecule has 0 spiro atoms. The van der Waals surface area contributed by atoms with Gasteiger partial charge in [0.25, 0.3) is 0 Å². The fraction of sp³-hybridized carbons (Fsp3) is 0.579. The molecular formula is C19H28O4. The molecule has 23 heavy (non-hydrogen) atoms. The number of benzene rings is 1. The highest BCUT2D eigenvalue weighted by molar-refractivity contribution is 5.79. The number of carbonyl (C=O) groups is 2. The quantitative estimate of drug-likeness (QED) is 0.358. The Labute approximate surface area is 139 Å². The zero-order chi connectivity index (χ0) is 17.1. The first-order chi connectivity index (χ1) is 11.0. The van der Waals surface area contributed by atoms with Crippen molar-refractivity contribution in [2.75, 3.05) is 6.61 Å². The minimum Gasteiger partial charge on any atom is -0.466 e. The minimum atomic E-state index is -0.412. The van der Waals surface area contributed by atoms with Gasteiger partial charge in [0.1, 0.15) is 5.75 Å². The molecule has 0 atom stereocenters. The van der Waals surface area contributed by atoms with Gasteiger partial charge in [0, 0.05) is 0 Å². The highest BCUT2D eigenvalue weighted by atomic mass is 16.5. The maximum Gasteiger partial charge on any atom is 0.311 e. The van der Waals surface area contributed by atoms with Crippen molar-refractivity contribution >= 4 is 11.9 Å². The Bertz CT molecular complexity index is 477. The van der Waals surface area contributed by atoms with E-state index < -0.39 is 5.97 Å². The predicted molar refractivity (Wildman–Crippen MR) is 90.5 cm³/mol. The van der Waals surface area contributed by atoms with Gasteiger partial charge < -0.3 is 9.47 Å². The first-order valence-corrected chi connectivity index (χ1v) is 8.49. The van der Waals surface area contributed by atoms with E-state index in [2.05, 4.69) is 20.8 Å². The molecule has 0 bridgehead atoms. The lowest BCUT2D eigenvalue weighted by atomic mass is 10.0. The summed E-state index contributed by atoms with van der Waals surface area (Å²) in [5.74, 6) is 0.193. The smallest absolute Gasteiger partial charge is 0.311 e. The standard InChI is InChI=1S/C19H28O4/c1-4-5-6-7-14-22-18(20)12-13-19(21)23-17-10-8-16(9-11-17)15(2)3/h8-11,15H,4-7,12-14H2,1-3H3. The van der Waals surface area contributed by atoms with E-state index in [-0.39, 0.29) is 18.8 Å². The van der Waals surface area contributed by atoms with Gasteiger partial charge in [-0.15, -0.1) is 0 Å². The lowest BCUT2D eigenvalue weighted by Crippen LogP contribution is -2.12. The van der Waals surface area contributed by atoms with Crippen LogP contribution in [0.3, 0.4) is 0 Å². The summed E-state index contributed by atoms with van der Waals surface area (Å²) in [7, 11) is 0. The van der Waals surface area contributed by atoms with Crippen LogP contribution in [0.15, 0.2) is 24.3 Å². The average Bonchev–Trinajstić information content (AvgIpc) is 2.53. The maximum absolute atomic E-state index is 11.7. The summed E-state index contributed by atoms with van der Waals surface area (Å²) in [6.07, 6.45) is 4.36. The van der Waals surface area contributed by atoms with Crippen LogP contribution in [0.4, 0.5) is 0 Å². The summed E-state index contributed by atoms with van der Waals surface area (Å²) in [6, 6.07) is 7.44. The number of hydrogen-bond acceptors (Lipinski definition) is 4. The molecule has 4 heteroatoms. The number of hydrogen-bond donors (Lipinski definition) is 0. The fourth-order valence-corrected chi connectivity index (χ4v) is 2.09. The highest BCUT2D eigenvalue weighted by Crippen LogP contribution is 2.19. The molecule has 0 saturated heterocycles. The van der Waals surface area contributed by atoms with Gasteiger partial charge >= 0.3 is 11.9 Å². The maximum atomic E-state index is 11.7. The second-order valence-corrected chi connectivity index (χ2v) is 5.98. The highest BCUT2D eigenvalue weighted by Gasteiger charge is 2.10. The van der Waals surface area contributed by atoms with Crippen LogP contribution in [0.5, 0.6) is 5.75 Å². The molecule has 128 valence electrons. The topological polar surface area (TPSA) is 52.6 Å². The number of ether oxygens (including phenoxy) is 2. The van der Waals surface area contributed by atoms with Crippen molar-refractivity contribution in [2.45, 2.75) is 65.2 Å². The Morgan fingerprint density at radius 1 is 0.957 bits per heavy atom. The van der Waals surface area contributed by atoms with Gasteiger partial charge in [-0.1, -0.05) is 52.2 Å². The summed E-state index contributed by atoms with van der Waals surface area (Å²) in [5, 5.41) is 0. The van der Waals surface area contributed by atoms with E-state index in [1.54, 1.807) is 12.1 Å². The molecular weight excluding hydrogens is 292 g/mol. The van der Waals surface area contributed by atoms with Gasteiger partial charge in [0.2, 0.25) is 0 Å². The van der Waals surface area contributed by atoms with E-state index >= 15 is 0 Å². The van der Waals surface area contributed by atoms with Crippen LogP contribution in [-0.2, 0) is 14.3 Å². The molecule has 0 aliphatic heterocycles. The monoisotopic (exact) mass is 320 g/mol. The van der Waals surface area contributed by atoms with Crippen LogP contribution in [0, 0.1) is 0 Å². The molecule has 0 unspecified atom stereocenters. The predicted octanol–water partition coefficient (Wildman–Crippen LogP) is 4.62. The Hall–Kier alpha value is -1.84. The lowest BCUT2D eigenvalue weighted by molar-refractivity contribution is -0.147. The number of unbranched alkanes of at least 4 members (excludes halogenated alkanes) is 3. The first kappa shape index (κ1) is 19.2. The summed E-state index contributed by atoms with van der Waals surface area (Å²) >= 11 is 0. The summed E-state index contributed by atoms with van der Waals surface area (Å²) in [6.45, 7) is 6.78. The van der Waals surface area contributed by atoms with Crippen LogP contribution in [0.2, 0.25) is 0 Å². The van der Waals surface area contributed by atoms with Crippen LogP contribution in [0.1, 0.15) is 70.8 Å². The van der Waals surface area contributed by atoms with Gasteiger partial charge in [0.15, 0.2) is 0 Å². The third-order valence-electron chi connectivity index (χ3n) is 3.57. The summed E-state index contributed by atoms with van der Waals surface area (Å²) < 4.78 is 10.3. The SMILES string of the molecule is CCCCCCOC(=O)CCC(=O)Oc1ccc(C(C)C)cc1. The second kappa shape index (κ2) is 10.8. The Kier molecular flexibility index (Phi) is 9.03. The van der Waals surface area contributed by atoms with Crippen LogP contribution >= 0.6 is 0 Å². The molecule has 1 aromatic rings. The lowest BCUT2D eigenvalue weighted by Gasteiger charge is -2.08. The number of rotatable bonds is 10. The van der Waals surface area contributed by atoms with Crippen LogP contribution < -0.4 is 4.74 Å². The van der Waals surface area contributed by atoms with Crippen molar-refractivity contribution in [2.24, 2.45) is 0 Å². The van der Waals surface area contributed by atoms with Crippen molar-refractivity contribution in [3.63, 3.8) is 0 Å². The Morgan fingerprint density at radius 3 is 2.22 bits per heavy atom. The molecule has 0 aliphatic carbocycles. The van der Waals surface area contributed by atoms with Crippen molar-refractivity contribution in [1.29, 1.82) is 0 Å². The molecule has 0 radical (unpaired) electrons. The van der Waals surface area contributed by atoms with E-state index in [4.69, 9.17) is 9.47 Å². The van der Waals surface area contributed by atoms with E-state index in [9.17, 15) is 9.59 Å². The van der Waals surface area contributed by atoms with E-state index in [0.717, 1.165) is 25.7 Å². The van der Waals surface area contributed by atoms with Gasteiger partial charge in [-0.3, -0.25) is 9.59 Å². The van der Waals surface area contributed by atoms with Gasteiger partial charge in [0.05, 0.1) is 19.4 Å². The zero-order valence-corrected chi connectivity index (χ0v) is 14.5. The number of esters is 2. The molecule has 4 nitrogen and oxygen atoms in total. The molecule has 0 aromatic heterocycles. The van der Waals surface area contributed by atoms with Crippen molar-refractivity contribution < 1.29 is 19.1 Å². The summed E-state index contributed by atoms with van der Waals surface area (Å²) in [4.78, 5) is 23.2. The third-order valence-corrected chi connectivity index (χ3v) is 3.57. The molecule has 0 heterocycles. The first-order valence-electron chi connectivity index (χ1n) is 8.49. The molecule has 0 saturated carbocycles. The minimum absolute atomic E-state index is 0.0414. The molecule has 0 amide bonds. The van der Waals surface area contributed by atoms with E-state index in [0.29, 0.717) is 18.3 Å². The van der Waals surface area contributed by atoms with Crippen molar-refractivity contribution in [3.05, 3.63) is 29.8 Å². The zero-order valence-electron chi connectivity index (χ0n) is 14.5. The van der Waals surface area contributed by atoms with Gasteiger partial charge in [-0.05, 0) is 30.0 Å². The van der Waals surface area contributed by atoms with E-state index in [1.807, 2.05) is 12.1 Å². The molecule has 0 N–H and O–H groups in total. The Morgan fingerprint density at radius 2 is 1.61 bits per heavy atom.